The van der Waals surface area contributed by atoms with Crippen LogP contribution in [0.3, 0.4) is 0 Å². The fourth-order valence-corrected chi connectivity index (χ4v) is 1.62. The Morgan fingerprint density at radius 2 is 1.42 bits per heavy atom. The van der Waals surface area contributed by atoms with Gasteiger partial charge in [-0.25, -0.2) is 0 Å². The van der Waals surface area contributed by atoms with E-state index in [9.17, 15) is 0 Å². The Bertz CT molecular complexity index is 79.0. The number of hydrogen-bond acceptors (Lipinski definition) is 0. The van der Waals surface area contributed by atoms with E-state index in [1.807, 2.05) is 0 Å². The Kier molecular flexibility index (Phi) is 10.3. The molecule has 0 aliphatic carbocycles. The van der Waals surface area contributed by atoms with E-state index in [4.69, 9.17) is 0 Å². The molecule has 0 aliphatic heterocycles. The van der Waals surface area contributed by atoms with Crippen molar-refractivity contribution in [1.82, 2.24) is 0 Å². The molecule has 0 radical (unpaired) electrons. The van der Waals surface area contributed by atoms with Crippen molar-refractivity contribution in [3.05, 3.63) is 5.92 Å². The number of unbranched alkanes of at least 4 members (excludes halogenated alkanes) is 1. The molecule has 12 heavy (non-hydrogen) atoms. The van der Waals surface area contributed by atoms with Crippen LogP contribution in [-0.4, -0.2) is 0 Å². The average molecular weight is 162 g/mol. The Labute approximate surface area is 90.7 Å². The second-order valence-corrected chi connectivity index (χ2v) is 3.99. The van der Waals surface area contributed by atoms with Crippen molar-refractivity contribution in [1.29, 1.82) is 0 Å². The molecule has 0 nitrogen and oxygen atoms in total. The standard InChI is InChI=1S/C11H23.Li/c1-6-7-8-11(9(2)3)10(4)5;/h9-10H,6-8H2,1-5H3;/q-1;+1. The zero-order chi connectivity index (χ0) is 8.85. The molecule has 0 aliphatic rings. The van der Waals surface area contributed by atoms with Crippen molar-refractivity contribution in [2.45, 2.75) is 53.9 Å². The second kappa shape index (κ2) is 8.21. The smallest absolute Gasteiger partial charge is 0.309 e. The van der Waals surface area contributed by atoms with E-state index < -0.39 is 0 Å². The molecule has 0 amide bonds. The summed E-state index contributed by atoms with van der Waals surface area (Å²) in [5.74, 6) is 3.30. The predicted octanol–water partition coefficient (Wildman–Crippen LogP) is 1.07. The summed E-state index contributed by atoms with van der Waals surface area (Å²) in [6.45, 7) is 11.5. The molecule has 0 unspecified atom stereocenters. The minimum atomic E-state index is 0. The second-order valence-electron chi connectivity index (χ2n) is 3.99. The Hall–Kier alpha value is 0.597. The van der Waals surface area contributed by atoms with E-state index in [0.717, 1.165) is 11.8 Å². The van der Waals surface area contributed by atoms with Gasteiger partial charge in [0.2, 0.25) is 0 Å². The molecule has 0 aromatic carbocycles. The van der Waals surface area contributed by atoms with Gasteiger partial charge in [0.05, 0.1) is 0 Å². The fraction of sp³-hybridized carbons (Fsp3) is 0.909. The zero-order valence-corrected chi connectivity index (χ0v) is 9.78. The molecule has 0 fully saturated rings. The summed E-state index contributed by atoms with van der Waals surface area (Å²) in [6.07, 6.45) is 4.03. The summed E-state index contributed by atoms with van der Waals surface area (Å²) in [5.41, 5.74) is 0. The van der Waals surface area contributed by atoms with Crippen LogP contribution in [0, 0.1) is 17.8 Å². The molecular formula is C11H23Li. The van der Waals surface area contributed by atoms with Crippen LogP contribution in [0.5, 0.6) is 0 Å². The van der Waals surface area contributed by atoms with Crippen LogP contribution in [0.15, 0.2) is 0 Å². The molecule has 0 spiro atoms. The molecular weight excluding hydrogens is 139 g/mol. The molecule has 0 bridgehead atoms. The fourth-order valence-electron chi connectivity index (χ4n) is 1.62. The van der Waals surface area contributed by atoms with Crippen molar-refractivity contribution >= 4 is 0 Å². The molecule has 0 saturated heterocycles. The van der Waals surface area contributed by atoms with Crippen LogP contribution in [-0.2, 0) is 0 Å². The largest absolute Gasteiger partial charge is 1.00 e. The monoisotopic (exact) mass is 162 g/mol. The van der Waals surface area contributed by atoms with Gasteiger partial charge < -0.3 is 5.92 Å². The minimum absolute atomic E-state index is 0. The molecule has 0 atom stereocenters. The average Bonchev–Trinajstić information content (AvgIpc) is 1.87. The number of rotatable bonds is 5. The molecule has 0 rings (SSSR count). The summed E-state index contributed by atoms with van der Waals surface area (Å²) in [4.78, 5) is 0. The van der Waals surface area contributed by atoms with Crippen LogP contribution in [0.25, 0.3) is 0 Å². The van der Waals surface area contributed by atoms with Crippen LogP contribution < -0.4 is 18.9 Å². The van der Waals surface area contributed by atoms with E-state index in [2.05, 4.69) is 34.6 Å². The van der Waals surface area contributed by atoms with Crippen LogP contribution >= 0.6 is 0 Å². The topological polar surface area (TPSA) is 0 Å². The molecule has 0 aromatic rings. The van der Waals surface area contributed by atoms with E-state index in [1.54, 1.807) is 5.92 Å². The summed E-state index contributed by atoms with van der Waals surface area (Å²) in [5, 5.41) is 0. The third kappa shape index (κ3) is 6.15. The van der Waals surface area contributed by atoms with E-state index in [0.29, 0.717) is 0 Å². The van der Waals surface area contributed by atoms with E-state index >= 15 is 0 Å². The third-order valence-electron chi connectivity index (χ3n) is 2.30. The summed E-state index contributed by atoms with van der Waals surface area (Å²) in [7, 11) is 0. The van der Waals surface area contributed by atoms with Crippen LogP contribution in [0.1, 0.15) is 53.9 Å². The van der Waals surface area contributed by atoms with Gasteiger partial charge in [0.25, 0.3) is 0 Å². The molecule has 0 saturated carbocycles. The maximum absolute atomic E-state index is 2.31. The Morgan fingerprint density at radius 3 is 1.67 bits per heavy atom. The third-order valence-corrected chi connectivity index (χ3v) is 2.30. The van der Waals surface area contributed by atoms with Gasteiger partial charge in [-0.3, -0.25) is 0 Å². The van der Waals surface area contributed by atoms with Crippen LogP contribution in [0.4, 0.5) is 0 Å². The van der Waals surface area contributed by atoms with E-state index in [1.165, 1.54) is 19.3 Å². The predicted molar refractivity (Wildman–Crippen MR) is 52.4 cm³/mol. The first-order valence-corrected chi connectivity index (χ1v) is 4.95. The molecule has 0 heterocycles. The first-order chi connectivity index (χ1) is 5.09. The normalized spacial score (nSPS) is 11.0. The van der Waals surface area contributed by atoms with Gasteiger partial charge in [0.15, 0.2) is 0 Å². The zero-order valence-electron chi connectivity index (χ0n) is 9.78. The molecule has 1 heteroatoms. The maximum Gasteiger partial charge on any atom is 1.00 e. The summed E-state index contributed by atoms with van der Waals surface area (Å²) < 4.78 is 0. The Balaban J connectivity index is 0. The summed E-state index contributed by atoms with van der Waals surface area (Å²) >= 11 is 0. The van der Waals surface area contributed by atoms with Crippen LogP contribution in [0.2, 0.25) is 0 Å². The van der Waals surface area contributed by atoms with Crippen molar-refractivity contribution in [2.24, 2.45) is 11.8 Å². The van der Waals surface area contributed by atoms with Gasteiger partial charge in [0.1, 0.15) is 0 Å². The Morgan fingerprint density at radius 1 is 1.00 bits per heavy atom. The molecule has 0 aromatic heterocycles. The van der Waals surface area contributed by atoms with Gasteiger partial charge in [-0.15, -0.1) is 0 Å². The van der Waals surface area contributed by atoms with Gasteiger partial charge in [-0.2, -0.15) is 18.3 Å². The van der Waals surface area contributed by atoms with Crippen molar-refractivity contribution < 1.29 is 18.9 Å². The molecule has 68 valence electrons. The van der Waals surface area contributed by atoms with Gasteiger partial charge in [-0.05, 0) is 0 Å². The van der Waals surface area contributed by atoms with E-state index in [-0.39, 0.29) is 18.9 Å². The summed E-state index contributed by atoms with van der Waals surface area (Å²) in [6, 6.07) is 0. The van der Waals surface area contributed by atoms with Gasteiger partial charge >= 0.3 is 18.9 Å². The van der Waals surface area contributed by atoms with Crippen molar-refractivity contribution in [3.63, 3.8) is 0 Å². The minimum Gasteiger partial charge on any atom is -0.309 e. The molecule has 0 N–H and O–H groups in total. The quantitative estimate of drug-likeness (QED) is 0.419. The maximum atomic E-state index is 2.31. The van der Waals surface area contributed by atoms with Gasteiger partial charge in [0, 0.05) is 0 Å². The first kappa shape index (κ1) is 15.1. The SMILES string of the molecule is CCCC[C-](C(C)C)C(C)C.[Li+]. The van der Waals surface area contributed by atoms with Crippen molar-refractivity contribution in [2.75, 3.05) is 0 Å². The number of hydrogen-bond donors (Lipinski definition) is 0. The first-order valence-electron chi connectivity index (χ1n) is 4.95. The van der Waals surface area contributed by atoms with Gasteiger partial charge in [-0.1, -0.05) is 47.5 Å². The van der Waals surface area contributed by atoms with Crippen molar-refractivity contribution in [3.8, 4) is 0 Å².